The van der Waals surface area contributed by atoms with E-state index < -0.39 is 11.9 Å². The molecular formula is C28H30BrNO5. The second kappa shape index (κ2) is 11.2. The van der Waals surface area contributed by atoms with Crippen LogP contribution in [0.3, 0.4) is 0 Å². The molecule has 1 aliphatic carbocycles. The molecule has 2 atom stereocenters. The number of nitrogens with one attached hydrogen (secondary N) is 1. The maximum Gasteiger partial charge on any atom is 0.336 e. The van der Waals surface area contributed by atoms with E-state index in [1.54, 1.807) is 7.11 Å². The van der Waals surface area contributed by atoms with Crippen molar-refractivity contribution in [2.24, 2.45) is 0 Å². The SMILES string of the molecule is CCOCCOC(=O)C1=C(C)NC2=C(C(=O)CC(c3ccc(OC)cc3)C2)C1c1ccc(Br)cc1. The standard InChI is InChI=1S/C28H30BrNO5/c1-4-34-13-14-35-28(32)25-17(2)30-23-15-20(18-7-11-22(33-3)12-8-18)16-24(31)27(23)26(25)19-5-9-21(29)10-6-19/h5-12,20,26,30H,4,13-16H2,1-3H3. The number of hydrogen-bond acceptors (Lipinski definition) is 6. The van der Waals surface area contributed by atoms with Gasteiger partial charge in [0.1, 0.15) is 12.4 Å². The van der Waals surface area contributed by atoms with Crippen LogP contribution in [0.5, 0.6) is 5.75 Å². The van der Waals surface area contributed by atoms with Gasteiger partial charge in [0.25, 0.3) is 0 Å². The zero-order valence-corrected chi connectivity index (χ0v) is 21.8. The number of esters is 1. The average Bonchev–Trinajstić information content (AvgIpc) is 2.86. The van der Waals surface area contributed by atoms with Gasteiger partial charge in [-0.2, -0.15) is 0 Å². The molecular weight excluding hydrogens is 510 g/mol. The average molecular weight is 540 g/mol. The third-order valence-corrected chi connectivity index (χ3v) is 7.03. The molecule has 0 amide bonds. The summed E-state index contributed by atoms with van der Waals surface area (Å²) in [5, 5.41) is 3.39. The Bertz CT molecular complexity index is 1150. The first-order valence-corrected chi connectivity index (χ1v) is 12.6. The number of carbonyl (C=O) groups is 2. The first-order valence-electron chi connectivity index (χ1n) is 11.8. The number of hydrogen-bond donors (Lipinski definition) is 1. The highest BCUT2D eigenvalue weighted by Gasteiger charge is 2.41. The van der Waals surface area contributed by atoms with Gasteiger partial charge in [-0.3, -0.25) is 4.79 Å². The zero-order valence-electron chi connectivity index (χ0n) is 20.2. The predicted octanol–water partition coefficient (Wildman–Crippen LogP) is 5.40. The van der Waals surface area contributed by atoms with Crippen molar-refractivity contribution in [2.75, 3.05) is 26.9 Å². The van der Waals surface area contributed by atoms with Crippen molar-refractivity contribution in [3.8, 4) is 5.75 Å². The number of ketones is 1. The predicted molar refractivity (Wildman–Crippen MR) is 137 cm³/mol. The van der Waals surface area contributed by atoms with E-state index in [1.807, 2.05) is 62.4 Å². The lowest BCUT2D eigenvalue weighted by atomic mass is 9.72. The second-order valence-corrected chi connectivity index (χ2v) is 9.59. The molecule has 0 radical (unpaired) electrons. The maximum absolute atomic E-state index is 13.6. The smallest absolute Gasteiger partial charge is 0.336 e. The molecule has 0 fully saturated rings. The number of methoxy groups -OCH3 is 1. The summed E-state index contributed by atoms with van der Waals surface area (Å²) in [5.74, 6) is -0.0343. The maximum atomic E-state index is 13.6. The largest absolute Gasteiger partial charge is 0.497 e. The molecule has 0 spiro atoms. The molecule has 2 unspecified atom stereocenters. The van der Waals surface area contributed by atoms with Crippen molar-refractivity contribution in [3.63, 3.8) is 0 Å². The fraction of sp³-hybridized carbons (Fsp3) is 0.357. The molecule has 35 heavy (non-hydrogen) atoms. The quantitative estimate of drug-likeness (QED) is 0.357. The van der Waals surface area contributed by atoms with Gasteiger partial charge in [0.15, 0.2) is 5.78 Å². The summed E-state index contributed by atoms with van der Waals surface area (Å²) < 4.78 is 17.1. The minimum atomic E-state index is -0.483. The summed E-state index contributed by atoms with van der Waals surface area (Å²) in [6.07, 6.45) is 1.07. The van der Waals surface area contributed by atoms with Crippen LogP contribution in [0.25, 0.3) is 0 Å². The van der Waals surface area contributed by atoms with Gasteiger partial charge in [-0.05, 0) is 61.6 Å². The number of benzene rings is 2. The molecule has 1 N–H and O–H groups in total. The van der Waals surface area contributed by atoms with Crippen molar-refractivity contribution in [1.82, 2.24) is 5.32 Å². The first kappa shape index (κ1) is 25.2. The van der Waals surface area contributed by atoms with E-state index in [9.17, 15) is 9.59 Å². The summed E-state index contributed by atoms with van der Waals surface area (Å²) in [4.78, 5) is 26.9. The summed E-state index contributed by atoms with van der Waals surface area (Å²) in [7, 11) is 1.64. The van der Waals surface area contributed by atoms with E-state index >= 15 is 0 Å². The van der Waals surface area contributed by atoms with E-state index in [4.69, 9.17) is 14.2 Å². The normalized spacial score (nSPS) is 19.8. The molecule has 1 heterocycles. The van der Waals surface area contributed by atoms with Gasteiger partial charge in [-0.25, -0.2) is 4.79 Å². The Labute approximate surface area is 214 Å². The molecule has 4 rings (SSSR count). The molecule has 2 aromatic carbocycles. The van der Waals surface area contributed by atoms with Gasteiger partial charge in [0.2, 0.25) is 0 Å². The van der Waals surface area contributed by atoms with Crippen molar-refractivity contribution in [2.45, 2.75) is 38.5 Å². The summed E-state index contributed by atoms with van der Waals surface area (Å²) in [6, 6.07) is 15.6. The molecule has 6 nitrogen and oxygen atoms in total. The molecule has 0 saturated carbocycles. The van der Waals surface area contributed by atoms with Crippen molar-refractivity contribution in [3.05, 3.63) is 86.7 Å². The minimum Gasteiger partial charge on any atom is -0.497 e. The van der Waals surface area contributed by atoms with Crippen molar-refractivity contribution < 1.29 is 23.8 Å². The van der Waals surface area contributed by atoms with Crippen LogP contribution in [0.15, 0.2) is 75.5 Å². The van der Waals surface area contributed by atoms with Crippen LogP contribution in [-0.4, -0.2) is 38.7 Å². The second-order valence-electron chi connectivity index (χ2n) is 8.67. The summed E-state index contributed by atoms with van der Waals surface area (Å²) in [5.41, 5.74) is 4.68. The van der Waals surface area contributed by atoms with Crippen LogP contribution in [0, 0.1) is 0 Å². The molecule has 0 bridgehead atoms. The highest BCUT2D eigenvalue weighted by atomic mass is 79.9. The molecule has 2 aromatic rings. The van der Waals surface area contributed by atoms with Crippen LogP contribution >= 0.6 is 15.9 Å². The number of allylic oxidation sites excluding steroid dienone is 3. The number of dihydropyridines is 1. The van der Waals surface area contributed by atoms with Crippen LogP contribution in [0.4, 0.5) is 0 Å². The minimum absolute atomic E-state index is 0.0413. The molecule has 7 heteroatoms. The van der Waals surface area contributed by atoms with E-state index in [2.05, 4.69) is 21.2 Å². The Morgan fingerprint density at radius 3 is 2.37 bits per heavy atom. The Morgan fingerprint density at radius 2 is 1.71 bits per heavy atom. The third-order valence-electron chi connectivity index (χ3n) is 6.50. The molecule has 2 aliphatic rings. The van der Waals surface area contributed by atoms with Gasteiger partial charge >= 0.3 is 5.97 Å². The summed E-state index contributed by atoms with van der Waals surface area (Å²) >= 11 is 3.48. The number of Topliss-reactive ketones (excluding diaryl/α,β-unsaturated/α-hetero) is 1. The van der Waals surface area contributed by atoms with Gasteiger partial charge in [0, 0.05) is 40.4 Å². The van der Waals surface area contributed by atoms with Gasteiger partial charge in [-0.1, -0.05) is 40.2 Å². The molecule has 184 valence electrons. The van der Waals surface area contributed by atoms with Gasteiger partial charge in [0.05, 0.1) is 19.3 Å². The van der Waals surface area contributed by atoms with Crippen molar-refractivity contribution in [1.29, 1.82) is 0 Å². The lowest BCUT2D eigenvalue weighted by Crippen LogP contribution is -2.36. The van der Waals surface area contributed by atoms with Crippen LogP contribution < -0.4 is 10.1 Å². The summed E-state index contributed by atoms with van der Waals surface area (Å²) in [6.45, 7) is 4.82. The van der Waals surface area contributed by atoms with Crippen LogP contribution in [-0.2, 0) is 19.1 Å². The Balaban J connectivity index is 1.69. The highest BCUT2D eigenvalue weighted by Crippen LogP contribution is 2.46. The lowest BCUT2D eigenvalue weighted by molar-refractivity contribution is -0.140. The monoisotopic (exact) mass is 539 g/mol. The topological polar surface area (TPSA) is 73.9 Å². The Kier molecular flexibility index (Phi) is 8.08. The van der Waals surface area contributed by atoms with E-state index in [0.29, 0.717) is 42.9 Å². The highest BCUT2D eigenvalue weighted by molar-refractivity contribution is 9.10. The van der Waals surface area contributed by atoms with Gasteiger partial charge < -0.3 is 19.5 Å². The Morgan fingerprint density at radius 1 is 1.03 bits per heavy atom. The van der Waals surface area contributed by atoms with Gasteiger partial charge in [-0.15, -0.1) is 0 Å². The van der Waals surface area contributed by atoms with Crippen LogP contribution in [0.2, 0.25) is 0 Å². The molecule has 0 saturated heterocycles. The first-order chi connectivity index (χ1) is 16.9. The number of carbonyl (C=O) groups excluding carboxylic acids is 2. The number of rotatable bonds is 8. The fourth-order valence-electron chi connectivity index (χ4n) is 4.83. The number of ether oxygens (including phenoxy) is 3. The third kappa shape index (κ3) is 5.52. The van der Waals surface area contributed by atoms with Crippen LogP contribution in [0.1, 0.15) is 49.7 Å². The van der Waals surface area contributed by atoms with E-state index in [-0.39, 0.29) is 18.3 Å². The fourth-order valence-corrected chi connectivity index (χ4v) is 5.09. The Hall–Kier alpha value is -2.90. The number of halogens is 1. The zero-order chi connectivity index (χ0) is 24.9. The van der Waals surface area contributed by atoms with E-state index in [0.717, 1.165) is 27.0 Å². The lowest BCUT2D eigenvalue weighted by Gasteiger charge is -2.36. The van der Waals surface area contributed by atoms with E-state index in [1.165, 1.54) is 0 Å². The molecule has 1 aliphatic heterocycles. The van der Waals surface area contributed by atoms with Crippen molar-refractivity contribution >= 4 is 27.7 Å². The molecule has 0 aromatic heterocycles.